The van der Waals surface area contributed by atoms with Crippen LogP contribution in [0.3, 0.4) is 0 Å². The van der Waals surface area contributed by atoms with E-state index in [0.717, 1.165) is 0 Å². The molecule has 0 aliphatic carbocycles. The van der Waals surface area contributed by atoms with E-state index in [1.807, 2.05) is 22.7 Å². The summed E-state index contributed by atoms with van der Waals surface area (Å²) in [6, 6.07) is 77.8. The van der Waals surface area contributed by atoms with Crippen molar-refractivity contribution in [2.75, 3.05) is 9.80 Å². The van der Waals surface area contributed by atoms with Crippen LogP contribution in [-0.2, 0) is 0 Å². The number of hydrogen-bond donors (Lipinski definition) is 0. The summed E-state index contributed by atoms with van der Waals surface area (Å²) in [5.41, 5.74) is 9.84. The summed E-state index contributed by atoms with van der Waals surface area (Å²) in [6.45, 7) is 9.46. The molecular formula is C66H48N2S2. The second-order valence-corrected chi connectivity index (χ2v) is 21.6. The highest BCUT2D eigenvalue weighted by Gasteiger charge is 2.29. The van der Waals surface area contributed by atoms with E-state index >= 15 is 0 Å². The Kier molecular flexibility index (Phi) is 9.36. The standard InChI is InChI=1S/C66H48N2S2/c1-39(2)53-37-59(67(55-27-13-19-41-17-5-7-21-43(41)55)57-29-15-25-49-45-23-9-11-31-61(45)69-65(49)57)51-36-34-48-54(40(3)4)38-60(52-35-33-47(53)63(51)64(48)52)68(56-28-14-20-42-18-6-8-22-44(42)56)58-30-16-26-50-46-24-10-12-32-62(46)70-66(50)58/h5-40H,1-4H3. The molecule has 0 spiro atoms. The number of hydrogen-bond acceptors (Lipinski definition) is 4. The maximum absolute atomic E-state index is 2.60. The molecule has 0 fully saturated rings. The third-order valence-electron chi connectivity index (χ3n) is 14.9. The lowest BCUT2D eigenvalue weighted by atomic mass is 9.84. The van der Waals surface area contributed by atoms with Crippen LogP contribution in [0.2, 0.25) is 0 Å². The van der Waals surface area contributed by atoms with Crippen LogP contribution in [-0.4, -0.2) is 0 Å². The SMILES string of the molecule is CC(C)c1cc(N(c2cccc3ccccc23)c2cccc3c2sc2ccccc23)c2ccc3c(C(C)C)cc(N(c4cccc5ccccc45)c4cccc5c4sc4ccccc45)c4ccc1c2c34. The maximum atomic E-state index is 2.60. The molecule has 0 bridgehead atoms. The summed E-state index contributed by atoms with van der Waals surface area (Å²) < 4.78 is 5.19. The molecule has 0 atom stereocenters. The number of benzene rings is 12. The lowest BCUT2D eigenvalue weighted by Crippen LogP contribution is -2.13. The van der Waals surface area contributed by atoms with E-state index in [0.29, 0.717) is 0 Å². The molecule has 334 valence electrons. The molecule has 2 aromatic heterocycles. The Labute approximate surface area is 415 Å². The third-order valence-corrected chi connectivity index (χ3v) is 17.3. The van der Waals surface area contributed by atoms with Crippen molar-refractivity contribution in [3.63, 3.8) is 0 Å². The molecule has 14 aromatic rings. The van der Waals surface area contributed by atoms with Crippen LogP contribution in [0.25, 0.3) is 94.2 Å². The lowest BCUT2D eigenvalue weighted by Gasteiger charge is -2.32. The van der Waals surface area contributed by atoms with Gasteiger partial charge in [-0.1, -0.05) is 185 Å². The summed E-state index contributed by atoms with van der Waals surface area (Å²) in [5.74, 6) is 0.527. The summed E-state index contributed by atoms with van der Waals surface area (Å²) in [5, 5.41) is 17.9. The number of nitrogens with zero attached hydrogens (tertiary/aromatic N) is 2. The van der Waals surface area contributed by atoms with Crippen molar-refractivity contribution in [1.29, 1.82) is 0 Å². The molecule has 0 radical (unpaired) electrons. The number of rotatable bonds is 8. The van der Waals surface area contributed by atoms with E-state index in [2.05, 4.69) is 244 Å². The van der Waals surface area contributed by atoms with Gasteiger partial charge < -0.3 is 9.80 Å². The molecular weight excluding hydrogens is 885 g/mol. The second kappa shape index (κ2) is 15.9. The van der Waals surface area contributed by atoms with Gasteiger partial charge in [0.2, 0.25) is 0 Å². The topological polar surface area (TPSA) is 6.48 Å². The van der Waals surface area contributed by atoms with E-state index < -0.39 is 0 Å². The van der Waals surface area contributed by atoms with Gasteiger partial charge in [0.05, 0.1) is 43.5 Å². The normalized spacial score (nSPS) is 12.3. The Morgan fingerprint density at radius 2 is 0.629 bits per heavy atom. The molecule has 0 N–H and O–H groups in total. The van der Waals surface area contributed by atoms with Crippen molar-refractivity contribution >= 4 is 151 Å². The molecule has 2 heterocycles. The highest BCUT2D eigenvalue weighted by atomic mass is 32.1. The van der Waals surface area contributed by atoms with Gasteiger partial charge in [-0.15, -0.1) is 22.7 Å². The Morgan fingerprint density at radius 3 is 1.07 bits per heavy atom. The van der Waals surface area contributed by atoms with E-state index in [1.54, 1.807) is 0 Å². The Bertz CT molecular complexity index is 4110. The van der Waals surface area contributed by atoms with E-state index in [1.165, 1.54) is 139 Å². The van der Waals surface area contributed by atoms with Gasteiger partial charge in [-0.3, -0.25) is 0 Å². The van der Waals surface area contributed by atoms with Crippen molar-refractivity contribution in [1.82, 2.24) is 0 Å². The minimum Gasteiger partial charge on any atom is -0.308 e. The van der Waals surface area contributed by atoms with Crippen LogP contribution in [0.1, 0.15) is 50.7 Å². The Balaban J connectivity index is 1.13. The van der Waals surface area contributed by atoms with Gasteiger partial charge in [0.25, 0.3) is 0 Å². The number of anilines is 6. The summed E-state index contributed by atoms with van der Waals surface area (Å²) in [6.07, 6.45) is 0. The van der Waals surface area contributed by atoms with E-state index in [9.17, 15) is 0 Å². The molecule has 70 heavy (non-hydrogen) atoms. The van der Waals surface area contributed by atoms with Crippen LogP contribution in [0.5, 0.6) is 0 Å². The highest BCUT2D eigenvalue weighted by molar-refractivity contribution is 7.26. The highest BCUT2D eigenvalue weighted by Crippen LogP contribution is 2.55. The lowest BCUT2D eigenvalue weighted by molar-refractivity contribution is 0.875. The fourth-order valence-corrected chi connectivity index (χ4v) is 14.1. The van der Waals surface area contributed by atoms with E-state index in [-0.39, 0.29) is 11.8 Å². The van der Waals surface area contributed by atoms with Crippen molar-refractivity contribution in [3.8, 4) is 0 Å². The number of fused-ring (bicyclic) bond motifs is 8. The molecule has 14 rings (SSSR count). The zero-order valence-electron chi connectivity index (χ0n) is 39.5. The van der Waals surface area contributed by atoms with Crippen molar-refractivity contribution in [2.45, 2.75) is 39.5 Å². The molecule has 0 amide bonds. The predicted molar refractivity (Wildman–Crippen MR) is 308 cm³/mol. The van der Waals surface area contributed by atoms with Crippen molar-refractivity contribution in [2.24, 2.45) is 0 Å². The largest absolute Gasteiger partial charge is 0.308 e. The van der Waals surface area contributed by atoms with Gasteiger partial charge >= 0.3 is 0 Å². The average molecular weight is 933 g/mol. The van der Waals surface area contributed by atoms with Gasteiger partial charge in [-0.05, 0) is 104 Å². The first kappa shape index (κ1) is 41.2. The molecule has 0 aliphatic heterocycles. The predicted octanol–water partition coefficient (Wildman–Crippen LogP) is 20.8. The van der Waals surface area contributed by atoms with Crippen molar-refractivity contribution < 1.29 is 0 Å². The Hall–Kier alpha value is -7.76. The monoisotopic (exact) mass is 932 g/mol. The molecule has 0 unspecified atom stereocenters. The summed E-state index contributed by atoms with van der Waals surface area (Å²) in [7, 11) is 0. The molecule has 4 heteroatoms. The molecule has 12 aromatic carbocycles. The van der Waals surface area contributed by atoms with Crippen molar-refractivity contribution in [3.05, 3.63) is 217 Å². The molecule has 0 saturated carbocycles. The van der Waals surface area contributed by atoms with Crippen LogP contribution < -0.4 is 9.80 Å². The van der Waals surface area contributed by atoms with Crippen LogP contribution in [0.15, 0.2) is 206 Å². The minimum atomic E-state index is 0.264. The fourth-order valence-electron chi connectivity index (χ4n) is 11.7. The zero-order valence-corrected chi connectivity index (χ0v) is 41.1. The van der Waals surface area contributed by atoms with Gasteiger partial charge in [-0.2, -0.15) is 0 Å². The van der Waals surface area contributed by atoms with Gasteiger partial charge in [-0.25, -0.2) is 0 Å². The van der Waals surface area contributed by atoms with Crippen LogP contribution >= 0.6 is 22.7 Å². The maximum Gasteiger partial charge on any atom is 0.0640 e. The first-order chi connectivity index (χ1) is 34.4. The molecule has 0 aliphatic rings. The summed E-state index contributed by atoms with van der Waals surface area (Å²) in [4.78, 5) is 5.21. The quantitative estimate of drug-likeness (QED) is 0.140. The first-order valence-electron chi connectivity index (χ1n) is 24.6. The molecule has 2 nitrogen and oxygen atoms in total. The molecule has 0 saturated heterocycles. The van der Waals surface area contributed by atoms with Crippen LogP contribution in [0.4, 0.5) is 34.1 Å². The number of thiophene rings is 2. The third kappa shape index (κ3) is 6.09. The van der Waals surface area contributed by atoms with Crippen LogP contribution in [0, 0.1) is 0 Å². The van der Waals surface area contributed by atoms with E-state index in [4.69, 9.17) is 0 Å². The summed E-state index contributed by atoms with van der Waals surface area (Å²) >= 11 is 3.80. The minimum absolute atomic E-state index is 0.264. The average Bonchev–Trinajstić information content (AvgIpc) is 3.98. The Morgan fingerprint density at radius 1 is 0.286 bits per heavy atom. The van der Waals surface area contributed by atoms with Gasteiger partial charge in [0.15, 0.2) is 0 Å². The first-order valence-corrected chi connectivity index (χ1v) is 26.2. The fraction of sp³-hybridized carbons (Fsp3) is 0.0909. The van der Waals surface area contributed by atoms with Gasteiger partial charge in [0.1, 0.15) is 0 Å². The second-order valence-electron chi connectivity index (χ2n) is 19.5. The zero-order chi connectivity index (χ0) is 46.8. The smallest absolute Gasteiger partial charge is 0.0640 e. The van der Waals surface area contributed by atoms with Gasteiger partial charge in [0, 0.05) is 52.5 Å².